The molecule has 1 nitrogen and oxygen atoms in total. The number of hydrogen-bond acceptors (Lipinski definition) is 0. The van der Waals surface area contributed by atoms with Crippen LogP contribution in [0, 0.1) is 24.7 Å². The fourth-order valence-corrected chi connectivity index (χ4v) is 3.12. The zero-order valence-electron chi connectivity index (χ0n) is 11.4. The molecule has 0 amide bonds. The highest BCUT2D eigenvalue weighted by Crippen LogP contribution is 2.39. The fraction of sp³-hybridized carbons (Fsp3) is 0.471. The Hall–Kier alpha value is -1.37. The monoisotopic (exact) mass is 242 g/mol. The van der Waals surface area contributed by atoms with Crippen molar-refractivity contribution in [1.82, 2.24) is 0 Å². The predicted octanol–water partition coefficient (Wildman–Crippen LogP) is 3.69. The average Bonchev–Trinajstić information content (AvgIpc) is 2.79. The molecule has 2 rings (SSSR count). The molecule has 0 saturated heterocycles. The molecule has 3 atom stereocenters. The third-order valence-corrected chi connectivity index (χ3v) is 4.19. The van der Waals surface area contributed by atoms with E-state index >= 15 is 0 Å². The number of aryl methyl sites for hydroxylation is 2. The molecular formula is C17H24N+. The molecule has 0 aromatic carbocycles. The van der Waals surface area contributed by atoms with E-state index in [0.717, 1.165) is 12.5 Å². The molecule has 1 heteroatoms. The molecule has 18 heavy (non-hydrogen) atoms. The van der Waals surface area contributed by atoms with Crippen LogP contribution in [0.25, 0.3) is 0 Å². The van der Waals surface area contributed by atoms with Crippen LogP contribution in [-0.4, -0.2) is 0 Å². The number of hydrogen-bond donors (Lipinski definition) is 0. The zero-order chi connectivity index (χ0) is 13.0. The van der Waals surface area contributed by atoms with Crippen molar-refractivity contribution in [1.29, 1.82) is 0 Å². The second-order valence-electron chi connectivity index (χ2n) is 5.53. The maximum atomic E-state index is 3.99. The van der Waals surface area contributed by atoms with E-state index in [1.165, 1.54) is 24.8 Å². The van der Waals surface area contributed by atoms with E-state index < -0.39 is 0 Å². The summed E-state index contributed by atoms with van der Waals surface area (Å²) in [5.41, 5.74) is 1.33. The van der Waals surface area contributed by atoms with Gasteiger partial charge in [0.05, 0.1) is 0 Å². The van der Waals surface area contributed by atoms with Gasteiger partial charge in [0.1, 0.15) is 6.54 Å². The molecule has 1 saturated carbocycles. The first-order valence-corrected chi connectivity index (χ1v) is 6.93. The highest BCUT2D eigenvalue weighted by Gasteiger charge is 2.31. The largest absolute Gasteiger partial charge is 0.205 e. The number of nitrogens with zero attached hydrogens (tertiary/aromatic N) is 1. The minimum atomic E-state index is 0.679. The van der Waals surface area contributed by atoms with Crippen LogP contribution in [0.1, 0.15) is 24.8 Å². The average molecular weight is 242 g/mol. The molecule has 0 N–H and O–H groups in total. The van der Waals surface area contributed by atoms with Gasteiger partial charge in [-0.1, -0.05) is 12.2 Å². The summed E-state index contributed by atoms with van der Waals surface area (Å²) < 4.78 is 2.30. The molecule has 0 aliphatic heterocycles. The molecule has 1 fully saturated rings. The quantitative estimate of drug-likeness (QED) is 0.548. The SMILES string of the molecule is C=CC1CC(C=C)C(CC[n+]2cccc(C)c2)C1. The Labute approximate surface area is 111 Å². The molecule has 1 aromatic rings. The van der Waals surface area contributed by atoms with Gasteiger partial charge < -0.3 is 0 Å². The summed E-state index contributed by atoms with van der Waals surface area (Å²) in [5.74, 6) is 2.15. The number of allylic oxidation sites excluding steroid dienone is 2. The highest BCUT2D eigenvalue weighted by molar-refractivity contribution is 5.01. The van der Waals surface area contributed by atoms with Crippen molar-refractivity contribution in [3.05, 3.63) is 55.4 Å². The van der Waals surface area contributed by atoms with E-state index in [4.69, 9.17) is 0 Å². The third-order valence-electron chi connectivity index (χ3n) is 4.19. The minimum Gasteiger partial charge on any atom is -0.205 e. The van der Waals surface area contributed by atoms with Gasteiger partial charge in [-0.3, -0.25) is 0 Å². The minimum absolute atomic E-state index is 0.679. The molecule has 1 aliphatic rings. The topological polar surface area (TPSA) is 3.88 Å². The van der Waals surface area contributed by atoms with Gasteiger partial charge in [0.25, 0.3) is 0 Å². The number of pyridine rings is 1. The lowest BCUT2D eigenvalue weighted by Crippen LogP contribution is -2.34. The first-order valence-electron chi connectivity index (χ1n) is 6.93. The van der Waals surface area contributed by atoms with Crippen molar-refractivity contribution >= 4 is 0 Å². The smallest absolute Gasteiger partial charge is 0.171 e. The predicted molar refractivity (Wildman–Crippen MR) is 76.1 cm³/mol. The third kappa shape index (κ3) is 3.10. The lowest BCUT2D eigenvalue weighted by atomic mass is 9.93. The molecule has 1 heterocycles. The molecule has 1 aromatic heterocycles. The van der Waals surface area contributed by atoms with Gasteiger partial charge in [-0.05, 0) is 43.6 Å². The Balaban J connectivity index is 1.93. The Morgan fingerprint density at radius 3 is 2.83 bits per heavy atom. The molecule has 0 bridgehead atoms. The second-order valence-corrected chi connectivity index (χ2v) is 5.53. The van der Waals surface area contributed by atoms with Crippen LogP contribution in [0.4, 0.5) is 0 Å². The van der Waals surface area contributed by atoms with Crippen LogP contribution in [0.2, 0.25) is 0 Å². The summed E-state index contributed by atoms with van der Waals surface area (Å²) in [6.45, 7) is 11.2. The van der Waals surface area contributed by atoms with E-state index in [-0.39, 0.29) is 0 Å². The Kier molecular flexibility index (Phi) is 4.35. The van der Waals surface area contributed by atoms with Gasteiger partial charge in [0, 0.05) is 18.1 Å². The summed E-state index contributed by atoms with van der Waals surface area (Å²) in [4.78, 5) is 0. The van der Waals surface area contributed by atoms with Crippen molar-refractivity contribution in [2.45, 2.75) is 32.7 Å². The Bertz CT molecular complexity index is 421. The zero-order valence-corrected chi connectivity index (χ0v) is 11.4. The summed E-state index contributed by atoms with van der Waals surface area (Å²) in [5, 5.41) is 0. The lowest BCUT2D eigenvalue weighted by molar-refractivity contribution is -0.698. The van der Waals surface area contributed by atoms with E-state index in [0.29, 0.717) is 11.8 Å². The van der Waals surface area contributed by atoms with Crippen LogP contribution < -0.4 is 4.57 Å². The Morgan fingerprint density at radius 1 is 1.33 bits per heavy atom. The first-order chi connectivity index (χ1) is 8.72. The lowest BCUT2D eigenvalue weighted by Gasteiger charge is -2.13. The van der Waals surface area contributed by atoms with Gasteiger partial charge in [-0.15, -0.1) is 13.2 Å². The van der Waals surface area contributed by atoms with Gasteiger partial charge in [-0.25, -0.2) is 4.57 Å². The van der Waals surface area contributed by atoms with Crippen LogP contribution >= 0.6 is 0 Å². The summed E-state index contributed by atoms with van der Waals surface area (Å²) in [7, 11) is 0. The van der Waals surface area contributed by atoms with E-state index in [1.54, 1.807) is 0 Å². The standard InChI is InChI=1S/C17H24N/c1-4-15-11-16(5-2)17(12-15)8-10-18-9-6-7-14(3)13-18/h4-7,9,13,15-17H,1-2,8,10-12H2,3H3/q+1. The van der Waals surface area contributed by atoms with Crippen molar-refractivity contribution in [3.8, 4) is 0 Å². The number of rotatable bonds is 5. The molecule has 3 unspecified atom stereocenters. The van der Waals surface area contributed by atoms with Gasteiger partial charge in [0.15, 0.2) is 12.4 Å². The van der Waals surface area contributed by atoms with Crippen LogP contribution in [0.15, 0.2) is 49.8 Å². The van der Waals surface area contributed by atoms with Crippen molar-refractivity contribution in [3.63, 3.8) is 0 Å². The van der Waals surface area contributed by atoms with Gasteiger partial charge in [-0.2, -0.15) is 0 Å². The summed E-state index contributed by atoms with van der Waals surface area (Å²) in [6.07, 6.45) is 12.4. The van der Waals surface area contributed by atoms with Gasteiger partial charge in [0.2, 0.25) is 0 Å². The maximum absolute atomic E-state index is 3.99. The van der Waals surface area contributed by atoms with Crippen molar-refractivity contribution in [2.24, 2.45) is 17.8 Å². The van der Waals surface area contributed by atoms with Crippen LogP contribution in [-0.2, 0) is 6.54 Å². The van der Waals surface area contributed by atoms with E-state index in [1.807, 2.05) is 0 Å². The first kappa shape index (κ1) is 13.1. The Morgan fingerprint density at radius 2 is 2.17 bits per heavy atom. The summed E-state index contributed by atoms with van der Waals surface area (Å²) in [6, 6.07) is 4.27. The molecule has 1 aliphatic carbocycles. The van der Waals surface area contributed by atoms with E-state index in [2.05, 4.69) is 61.3 Å². The van der Waals surface area contributed by atoms with Crippen LogP contribution in [0.3, 0.4) is 0 Å². The molecule has 0 radical (unpaired) electrons. The fourth-order valence-electron chi connectivity index (χ4n) is 3.12. The molecular weight excluding hydrogens is 218 g/mol. The van der Waals surface area contributed by atoms with Crippen LogP contribution in [0.5, 0.6) is 0 Å². The van der Waals surface area contributed by atoms with Gasteiger partial charge >= 0.3 is 0 Å². The second kappa shape index (κ2) is 5.99. The van der Waals surface area contributed by atoms with Crippen molar-refractivity contribution in [2.75, 3.05) is 0 Å². The number of aromatic nitrogens is 1. The molecule has 96 valence electrons. The highest BCUT2D eigenvalue weighted by atomic mass is 14.9. The maximum Gasteiger partial charge on any atom is 0.171 e. The normalized spacial score (nSPS) is 27.1. The summed E-state index contributed by atoms with van der Waals surface area (Å²) >= 11 is 0. The van der Waals surface area contributed by atoms with Crippen molar-refractivity contribution < 1.29 is 4.57 Å². The van der Waals surface area contributed by atoms with E-state index in [9.17, 15) is 0 Å². The molecule has 0 spiro atoms.